The number of nitrogens with two attached hydrogens (primary N) is 1. The van der Waals surface area contributed by atoms with Gasteiger partial charge in [0.15, 0.2) is 0 Å². The Kier molecular flexibility index (Phi) is 4.06. The zero-order valence-electron chi connectivity index (χ0n) is 9.82. The SMILES string of the molecule is Cc1ccc(F)cc1C(NN)c1cncc(Br)c1. The van der Waals surface area contributed by atoms with E-state index in [-0.39, 0.29) is 11.9 Å². The van der Waals surface area contributed by atoms with Gasteiger partial charge in [0.05, 0.1) is 6.04 Å². The minimum atomic E-state index is -0.286. The third kappa shape index (κ3) is 2.75. The summed E-state index contributed by atoms with van der Waals surface area (Å²) in [5.41, 5.74) is 5.35. The number of nitrogens with one attached hydrogen (secondary N) is 1. The standard InChI is InChI=1S/C13H13BrFN3/c1-8-2-3-11(15)5-12(8)13(18-16)9-4-10(14)7-17-6-9/h2-7,13,18H,16H2,1H3. The predicted molar refractivity (Wildman–Crippen MR) is 72.2 cm³/mol. The topological polar surface area (TPSA) is 50.9 Å². The molecule has 0 amide bonds. The minimum Gasteiger partial charge on any atom is -0.271 e. The molecular weight excluding hydrogens is 297 g/mol. The summed E-state index contributed by atoms with van der Waals surface area (Å²) in [6.07, 6.45) is 3.40. The van der Waals surface area contributed by atoms with Gasteiger partial charge in [-0.3, -0.25) is 10.8 Å². The molecule has 2 aromatic rings. The average molecular weight is 310 g/mol. The number of hydrogen-bond acceptors (Lipinski definition) is 3. The van der Waals surface area contributed by atoms with Gasteiger partial charge >= 0.3 is 0 Å². The molecule has 1 aromatic carbocycles. The van der Waals surface area contributed by atoms with Crippen LogP contribution in [0.4, 0.5) is 4.39 Å². The van der Waals surface area contributed by atoms with E-state index in [0.717, 1.165) is 21.2 Å². The smallest absolute Gasteiger partial charge is 0.123 e. The van der Waals surface area contributed by atoms with Gasteiger partial charge in [0.2, 0.25) is 0 Å². The number of pyridine rings is 1. The minimum absolute atomic E-state index is 0.279. The number of rotatable bonds is 3. The molecule has 1 atom stereocenters. The van der Waals surface area contributed by atoms with Crippen LogP contribution in [0.5, 0.6) is 0 Å². The van der Waals surface area contributed by atoms with Crippen molar-refractivity contribution in [2.24, 2.45) is 5.84 Å². The van der Waals surface area contributed by atoms with Crippen LogP contribution in [-0.2, 0) is 0 Å². The van der Waals surface area contributed by atoms with Crippen molar-refractivity contribution >= 4 is 15.9 Å². The molecule has 0 spiro atoms. The molecule has 0 aliphatic rings. The second-order valence-electron chi connectivity index (χ2n) is 4.04. The summed E-state index contributed by atoms with van der Waals surface area (Å²) in [5, 5.41) is 0. The molecule has 0 aliphatic carbocycles. The van der Waals surface area contributed by atoms with E-state index in [1.165, 1.54) is 12.1 Å². The van der Waals surface area contributed by atoms with Gasteiger partial charge in [0, 0.05) is 16.9 Å². The van der Waals surface area contributed by atoms with E-state index < -0.39 is 0 Å². The highest BCUT2D eigenvalue weighted by Crippen LogP contribution is 2.26. The molecule has 0 saturated carbocycles. The molecule has 0 saturated heterocycles. The lowest BCUT2D eigenvalue weighted by atomic mass is 9.96. The summed E-state index contributed by atoms with van der Waals surface area (Å²) in [7, 11) is 0. The number of hydrazine groups is 1. The Bertz CT molecular complexity index is 560. The second-order valence-corrected chi connectivity index (χ2v) is 4.95. The Hall–Kier alpha value is -1.30. The first-order valence-electron chi connectivity index (χ1n) is 5.44. The first-order valence-corrected chi connectivity index (χ1v) is 6.23. The zero-order chi connectivity index (χ0) is 13.1. The largest absolute Gasteiger partial charge is 0.271 e. The molecule has 0 bridgehead atoms. The number of benzene rings is 1. The van der Waals surface area contributed by atoms with Crippen molar-refractivity contribution in [3.63, 3.8) is 0 Å². The van der Waals surface area contributed by atoms with E-state index in [1.807, 2.05) is 13.0 Å². The first kappa shape index (κ1) is 13.1. The number of nitrogens with zero attached hydrogens (tertiary/aromatic N) is 1. The van der Waals surface area contributed by atoms with Gasteiger partial charge in [0.25, 0.3) is 0 Å². The normalized spacial score (nSPS) is 12.4. The molecule has 2 rings (SSSR count). The fraction of sp³-hybridized carbons (Fsp3) is 0.154. The fourth-order valence-corrected chi connectivity index (χ4v) is 2.26. The molecule has 0 aliphatic heterocycles. The molecule has 18 heavy (non-hydrogen) atoms. The van der Waals surface area contributed by atoms with E-state index in [9.17, 15) is 4.39 Å². The number of hydrogen-bond donors (Lipinski definition) is 2. The van der Waals surface area contributed by atoms with Crippen molar-refractivity contribution in [2.45, 2.75) is 13.0 Å². The van der Waals surface area contributed by atoms with Gasteiger partial charge in [-0.2, -0.15) is 0 Å². The maximum Gasteiger partial charge on any atom is 0.123 e. The molecule has 5 heteroatoms. The summed E-state index contributed by atoms with van der Waals surface area (Å²) in [6, 6.07) is 6.28. The van der Waals surface area contributed by atoms with Crippen LogP contribution in [-0.4, -0.2) is 4.98 Å². The molecule has 0 fully saturated rings. The molecule has 3 N–H and O–H groups in total. The highest BCUT2D eigenvalue weighted by molar-refractivity contribution is 9.10. The van der Waals surface area contributed by atoms with E-state index in [4.69, 9.17) is 5.84 Å². The van der Waals surface area contributed by atoms with Crippen LogP contribution >= 0.6 is 15.9 Å². The summed E-state index contributed by atoms with van der Waals surface area (Å²) < 4.78 is 14.2. The maximum atomic E-state index is 13.3. The van der Waals surface area contributed by atoms with Crippen LogP contribution in [0.1, 0.15) is 22.7 Å². The quantitative estimate of drug-likeness (QED) is 0.677. The van der Waals surface area contributed by atoms with Crippen molar-refractivity contribution < 1.29 is 4.39 Å². The van der Waals surface area contributed by atoms with Gasteiger partial charge in [0.1, 0.15) is 5.82 Å². The third-order valence-electron chi connectivity index (χ3n) is 2.78. The van der Waals surface area contributed by atoms with E-state index in [2.05, 4.69) is 26.3 Å². The zero-order valence-corrected chi connectivity index (χ0v) is 11.4. The molecule has 0 radical (unpaired) electrons. The summed E-state index contributed by atoms with van der Waals surface area (Å²) >= 11 is 3.36. The fourth-order valence-electron chi connectivity index (χ4n) is 1.87. The van der Waals surface area contributed by atoms with Crippen molar-refractivity contribution in [3.8, 4) is 0 Å². The van der Waals surface area contributed by atoms with E-state index in [1.54, 1.807) is 18.5 Å². The van der Waals surface area contributed by atoms with Gasteiger partial charge in [-0.25, -0.2) is 9.82 Å². The Morgan fingerprint density at radius 3 is 2.78 bits per heavy atom. The number of halogens is 2. The van der Waals surface area contributed by atoms with Crippen LogP contribution in [0, 0.1) is 12.7 Å². The Balaban J connectivity index is 2.48. The molecule has 1 aromatic heterocycles. The lowest BCUT2D eigenvalue weighted by molar-refractivity contribution is 0.601. The highest BCUT2D eigenvalue weighted by Gasteiger charge is 2.16. The first-order chi connectivity index (χ1) is 8.61. The molecular formula is C13H13BrFN3. The van der Waals surface area contributed by atoms with Crippen LogP contribution in [0.15, 0.2) is 41.1 Å². The highest BCUT2D eigenvalue weighted by atomic mass is 79.9. The Morgan fingerprint density at radius 2 is 2.11 bits per heavy atom. The van der Waals surface area contributed by atoms with E-state index >= 15 is 0 Å². The van der Waals surface area contributed by atoms with Crippen molar-refractivity contribution in [3.05, 3.63) is 63.6 Å². The van der Waals surface area contributed by atoms with Crippen LogP contribution < -0.4 is 11.3 Å². The van der Waals surface area contributed by atoms with Gasteiger partial charge in [-0.15, -0.1) is 0 Å². The Labute approximate surface area is 113 Å². The maximum absolute atomic E-state index is 13.3. The van der Waals surface area contributed by atoms with Crippen LogP contribution in [0.2, 0.25) is 0 Å². The lowest BCUT2D eigenvalue weighted by Gasteiger charge is -2.19. The number of aromatic nitrogens is 1. The Morgan fingerprint density at radius 1 is 1.33 bits per heavy atom. The summed E-state index contributed by atoms with van der Waals surface area (Å²) in [6.45, 7) is 1.92. The number of aryl methyl sites for hydroxylation is 1. The second kappa shape index (κ2) is 5.56. The summed E-state index contributed by atoms with van der Waals surface area (Å²) in [4.78, 5) is 4.09. The van der Waals surface area contributed by atoms with Crippen molar-refractivity contribution in [2.75, 3.05) is 0 Å². The predicted octanol–water partition coefficient (Wildman–Crippen LogP) is 2.84. The molecule has 94 valence electrons. The van der Waals surface area contributed by atoms with Gasteiger partial charge in [-0.1, -0.05) is 6.07 Å². The van der Waals surface area contributed by atoms with Crippen LogP contribution in [0.25, 0.3) is 0 Å². The molecule has 3 nitrogen and oxygen atoms in total. The van der Waals surface area contributed by atoms with E-state index in [0.29, 0.717) is 0 Å². The van der Waals surface area contributed by atoms with Crippen molar-refractivity contribution in [1.82, 2.24) is 10.4 Å². The average Bonchev–Trinajstić information content (AvgIpc) is 2.35. The lowest BCUT2D eigenvalue weighted by Crippen LogP contribution is -2.29. The van der Waals surface area contributed by atoms with Gasteiger partial charge < -0.3 is 0 Å². The van der Waals surface area contributed by atoms with Crippen molar-refractivity contribution in [1.29, 1.82) is 0 Å². The summed E-state index contributed by atoms with van der Waals surface area (Å²) in [5.74, 6) is 5.31. The molecule has 1 heterocycles. The van der Waals surface area contributed by atoms with Gasteiger partial charge in [-0.05, 0) is 57.7 Å². The monoisotopic (exact) mass is 309 g/mol. The molecule has 1 unspecified atom stereocenters. The third-order valence-corrected chi connectivity index (χ3v) is 3.21. The van der Waals surface area contributed by atoms with Crippen LogP contribution in [0.3, 0.4) is 0 Å².